The Morgan fingerprint density at radius 3 is 2.23 bits per heavy atom. The highest BCUT2D eigenvalue weighted by atomic mass is 35.5. The molecule has 5 heteroatoms. The number of nitrogens with zero attached hydrogens (tertiary/aromatic N) is 1. The van der Waals surface area contributed by atoms with E-state index in [0.29, 0.717) is 17.4 Å². The van der Waals surface area contributed by atoms with E-state index in [1.54, 1.807) is 12.1 Å². The Labute approximate surface area is 143 Å². The van der Waals surface area contributed by atoms with Crippen molar-refractivity contribution in [3.05, 3.63) is 53.6 Å². The summed E-state index contributed by atoms with van der Waals surface area (Å²) in [5.41, 5.74) is 0. The summed E-state index contributed by atoms with van der Waals surface area (Å²) >= 11 is 5.87. The van der Waals surface area contributed by atoms with Crippen LogP contribution in [0.5, 0.6) is 17.2 Å². The molecule has 22 heavy (non-hydrogen) atoms. The quantitative estimate of drug-likeness (QED) is 0.669. The number of rotatable bonds is 7. The molecular formula is C17H21Cl2NO2. The maximum absolute atomic E-state index is 5.87. The fourth-order valence-electron chi connectivity index (χ4n) is 1.85. The fraction of sp³-hybridized carbons (Fsp3) is 0.294. The molecule has 0 fully saturated rings. The highest BCUT2D eigenvalue weighted by Gasteiger charge is 2.05. The second-order valence-corrected chi connectivity index (χ2v) is 5.44. The largest absolute Gasteiger partial charge is 0.490 e. The third-order valence-corrected chi connectivity index (χ3v) is 3.15. The normalized spacial score (nSPS) is 10.2. The van der Waals surface area contributed by atoms with Crippen molar-refractivity contribution in [2.75, 3.05) is 27.2 Å². The smallest absolute Gasteiger partial charge is 0.169 e. The van der Waals surface area contributed by atoms with E-state index in [1.807, 2.05) is 36.4 Å². The van der Waals surface area contributed by atoms with Gasteiger partial charge in [0, 0.05) is 11.6 Å². The van der Waals surface area contributed by atoms with Crippen LogP contribution in [0.15, 0.2) is 48.5 Å². The summed E-state index contributed by atoms with van der Waals surface area (Å²) < 4.78 is 11.7. The van der Waals surface area contributed by atoms with Crippen molar-refractivity contribution in [1.82, 2.24) is 4.90 Å². The zero-order valence-electron chi connectivity index (χ0n) is 12.8. The molecule has 3 nitrogen and oxygen atoms in total. The molecule has 0 unspecified atom stereocenters. The number of hydrogen-bond donors (Lipinski definition) is 0. The zero-order valence-corrected chi connectivity index (χ0v) is 14.4. The Morgan fingerprint density at radius 1 is 0.955 bits per heavy atom. The monoisotopic (exact) mass is 341 g/mol. The van der Waals surface area contributed by atoms with Gasteiger partial charge in [-0.1, -0.05) is 23.7 Å². The van der Waals surface area contributed by atoms with Gasteiger partial charge in [-0.3, -0.25) is 0 Å². The van der Waals surface area contributed by atoms with Gasteiger partial charge in [0.05, 0.1) is 6.61 Å². The number of halogens is 2. The topological polar surface area (TPSA) is 21.7 Å². The van der Waals surface area contributed by atoms with E-state index in [0.717, 1.165) is 24.5 Å². The summed E-state index contributed by atoms with van der Waals surface area (Å²) in [7, 11) is 4.11. The molecular weight excluding hydrogens is 321 g/mol. The Balaban J connectivity index is 0.00000242. The van der Waals surface area contributed by atoms with Gasteiger partial charge in [-0.15, -0.1) is 12.4 Å². The second kappa shape index (κ2) is 9.57. The van der Waals surface area contributed by atoms with Gasteiger partial charge >= 0.3 is 0 Å². The minimum Gasteiger partial charge on any atom is -0.490 e. The lowest BCUT2D eigenvalue weighted by atomic mass is 10.3. The molecule has 0 saturated carbocycles. The molecule has 0 aliphatic carbocycles. The number of benzene rings is 2. The Hall–Kier alpha value is -1.42. The van der Waals surface area contributed by atoms with Gasteiger partial charge in [0.15, 0.2) is 11.5 Å². The van der Waals surface area contributed by atoms with E-state index in [4.69, 9.17) is 21.1 Å². The SMILES string of the molecule is CN(C)CCCOc1ccccc1Oc1ccc(Cl)cc1.Cl. The van der Waals surface area contributed by atoms with Gasteiger partial charge in [0.25, 0.3) is 0 Å². The van der Waals surface area contributed by atoms with Crippen molar-refractivity contribution >= 4 is 24.0 Å². The van der Waals surface area contributed by atoms with Gasteiger partial charge in [0.2, 0.25) is 0 Å². The third-order valence-electron chi connectivity index (χ3n) is 2.90. The molecule has 0 amide bonds. The first-order valence-corrected chi connectivity index (χ1v) is 7.33. The van der Waals surface area contributed by atoms with Crippen LogP contribution in [0.1, 0.15) is 6.42 Å². The van der Waals surface area contributed by atoms with E-state index in [2.05, 4.69) is 19.0 Å². The van der Waals surface area contributed by atoms with Crippen LogP contribution in [0.4, 0.5) is 0 Å². The summed E-state index contributed by atoms with van der Waals surface area (Å²) in [6.45, 7) is 1.67. The number of para-hydroxylation sites is 2. The van der Waals surface area contributed by atoms with Gasteiger partial charge < -0.3 is 14.4 Å². The van der Waals surface area contributed by atoms with Crippen molar-refractivity contribution in [1.29, 1.82) is 0 Å². The van der Waals surface area contributed by atoms with Crippen LogP contribution in [0.25, 0.3) is 0 Å². The lowest BCUT2D eigenvalue weighted by Gasteiger charge is -2.13. The van der Waals surface area contributed by atoms with Crippen molar-refractivity contribution in [2.45, 2.75) is 6.42 Å². The summed E-state index contributed by atoms with van der Waals surface area (Å²) in [5.74, 6) is 2.21. The maximum atomic E-state index is 5.87. The van der Waals surface area contributed by atoms with Crippen molar-refractivity contribution in [3.8, 4) is 17.2 Å². The highest BCUT2D eigenvalue weighted by Crippen LogP contribution is 2.31. The molecule has 0 heterocycles. The molecule has 0 aromatic heterocycles. The summed E-state index contributed by atoms with van der Waals surface area (Å²) in [5, 5.41) is 0.690. The van der Waals surface area contributed by atoms with Gasteiger partial charge in [-0.25, -0.2) is 0 Å². The van der Waals surface area contributed by atoms with Crippen LogP contribution < -0.4 is 9.47 Å². The molecule has 0 radical (unpaired) electrons. The molecule has 0 N–H and O–H groups in total. The van der Waals surface area contributed by atoms with Crippen LogP contribution >= 0.6 is 24.0 Å². The molecule has 120 valence electrons. The van der Waals surface area contributed by atoms with Crippen molar-refractivity contribution in [2.24, 2.45) is 0 Å². The predicted molar refractivity (Wildman–Crippen MR) is 93.9 cm³/mol. The Bertz CT molecular complexity index is 559. The summed E-state index contributed by atoms with van der Waals surface area (Å²) in [4.78, 5) is 2.14. The van der Waals surface area contributed by atoms with E-state index in [-0.39, 0.29) is 12.4 Å². The highest BCUT2D eigenvalue weighted by molar-refractivity contribution is 6.30. The lowest BCUT2D eigenvalue weighted by molar-refractivity contribution is 0.272. The van der Waals surface area contributed by atoms with E-state index < -0.39 is 0 Å². The van der Waals surface area contributed by atoms with Crippen LogP contribution in [-0.2, 0) is 0 Å². The molecule has 2 aromatic rings. The molecule has 0 bridgehead atoms. The van der Waals surface area contributed by atoms with Crippen LogP contribution in [0.2, 0.25) is 5.02 Å². The first-order chi connectivity index (χ1) is 10.1. The molecule has 0 atom stereocenters. The molecule has 0 spiro atoms. The average Bonchev–Trinajstić information content (AvgIpc) is 2.47. The zero-order chi connectivity index (χ0) is 15.1. The molecule has 2 rings (SSSR count). The van der Waals surface area contributed by atoms with E-state index in [9.17, 15) is 0 Å². The molecule has 0 aliphatic rings. The summed E-state index contributed by atoms with van der Waals surface area (Å²) in [6, 6.07) is 15.0. The average molecular weight is 342 g/mol. The van der Waals surface area contributed by atoms with Gasteiger partial charge in [-0.2, -0.15) is 0 Å². The lowest BCUT2D eigenvalue weighted by Crippen LogP contribution is -2.15. The van der Waals surface area contributed by atoms with Crippen LogP contribution in [0, 0.1) is 0 Å². The van der Waals surface area contributed by atoms with Crippen LogP contribution in [0.3, 0.4) is 0 Å². The Kier molecular flexibility index (Phi) is 8.10. The fourth-order valence-corrected chi connectivity index (χ4v) is 1.97. The minimum absolute atomic E-state index is 0. The van der Waals surface area contributed by atoms with Crippen LogP contribution in [-0.4, -0.2) is 32.1 Å². The molecule has 2 aromatic carbocycles. The van der Waals surface area contributed by atoms with Gasteiger partial charge in [-0.05, 0) is 56.9 Å². The third kappa shape index (κ3) is 6.14. The first-order valence-electron chi connectivity index (χ1n) is 6.95. The minimum atomic E-state index is 0. The molecule has 0 aliphatic heterocycles. The van der Waals surface area contributed by atoms with Crippen molar-refractivity contribution in [3.63, 3.8) is 0 Å². The van der Waals surface area contributed by atoms with E-state index in [1.165, 1.54) is 0 Å². The van der Waals surface area contributed by atoms with E-state index >= 15 is 0 Å². The maximum Gasteiger partial charge on any atom is 0.169 e. The standard InChI is InChI=1S/C17H20ClNO2.ClH/c1-19(2)12-5-13-20-16-6-3-4-7-17(16)21-15-10-8-14(18)9-11-15;/h3-4,6-11H,5,12-13H2,1-2H3;1H. The second-order valence-electron chi connectivity index (χ2n) is 5.01. The van der Waals surface area contributed by atoms with Gasteiger partial charge in [0.1, 0.15) is 5.75 Å². The molecule has 0 saturated heterocycles. The predicted octanol–water partition coefficient (Wildman–Crippen LogP) is 4.88. The summed E-state index contributed by atoms with van der Waals surface area (Å²) in [6.07, 6.45) is 0.974. The van der Waals surface area contributed by atoms with Crippen molar-refractivity contribution < 1.29 is 9.47 Å². The number of ether oxygens (including phenoxy) is 2. The number of hydrogen-bond acceptors (Lipinski definition) is 3. The Morgan fingerprint density at radius 2 is 1.59 bits per heavy atom. The first kappa shape index (κ1) is 18.6.